The van der Waals surface area contributed by atoms with Gasteiger partial charge in [0.2, 0.25) is 5.91 Å². The molecule has 0 bridgehead atoms. The van der Waals surface area contributed by atoms with E-state index < -0.39 is 34.9 Å². The van der Waals surface area contributed by atoms with E-state index in [0.717, 1.165) is 4.90 Å². The van der Waals surface area contributed by atoms with Crippen LogP contribution in [0.3, 0.4) is 0 Å². The van der Waals surface area contributed by atoms with Crippen molar-refractivity contribution in [2.45, 2.75) is 12.5 Å². The first-order valence-electron chi connectivity index (χ1n) is 10.2. The fraction of sp³-hybridized carbons (Fsp3) is 0.333. The van der Waals surface area contributed by atoms with E-state index in [1.54, 1.807) is 17.0 Å². The Balaban J connectivity index is 1.38. The summed E-state index contributed by atoms with van der Waals surface area (Å²) in [6.45, 7) is 2.41. The molecule has 1 aromatic carbocycles. The standard InChI is InChI=1S/C21H21N5O6S/c1-21(14-4-6-15(7-5-14)26(31)32)19(29)25(20(30)22-21)13-17(27)23-8-10-24(11-9-23)18(28)16-3-2-12-33-16/h2-7,12H,8-11,13H2,1H3,(H,22,30)/t21-/m0/s1. The van der Waals surface area contributed by atoms with Crippen LogP contribution in [0.15, 0.2) is 41.8 Å². The number of nitro benzene ring substituents is 1. The van der Waals surface area contributed by atoms with Gasteiger partial charge in [-0.2, -0.15) is 0 Å². The number of hydrogen-bond acceptors (Lipinski definition) is 7. The Kier molecular flexibility index (Phi) is 5.85. The van der Waals surface area contributed by atoms with E-state index in [2.05, 4.69) is 5.32 Å². The average molecular weight is 471 g/mol. The maximum absolute atomic E-state index is 13.0. The van der Waals surface area contributed by atoms with Crippen LogP contribution in [0, 0.1) is 10.1 Å². The summed E-state index contributed by atoms with van der Waals surface area (Å²) in [6.07, 6.45) is 0. The number of nitro groups is 1. The second-order valence-corrected chi connectivity index (χ2v) is 8.85. The molecule has 11 nitrogen and oxygen atoms in total. The summed E-state index contributed by atoms with van der Waals surface area (Å²) in [6, 6.07) is 8.18. The van der Waals surface area contributed by atoms with Gasteiger partial charge in [-0.3, -0.25) is 29.4 Å². The van der Waals surface area contributed by atoms with Gasteiger partial charge in [0.05, 0.1) is 9.80 Å². The van der Waals surface area contributed by atoms with Crippen molar-refractivity contribution >= 4 is 40.8 Å². The van der Waals surface area contributed by atoms with Gasteiger partial charge in [-0.15, -0.1) is 11.3 Å². The summed E-state index contributed by atoms with van der Waals surface area (Å²) in [5.41, 5.74) is -1.19. The number of rotatable bonds is 5. The first-order valence-corrected chi connectivity index (χ1v) is 11.1. The Morgan fingerprint density at radius 3 is 2.30 bits per heavy atom. The van der Waals surface area contributed by atoms with Crippen LogP contribution >= 0.6 is 11.3 Å². The van der Waals surface area contributed by atoms with E-state index in [4.69, 9.17) is 0 Å². The fourth-order valence-corrected chi connectivity index (χ4v) is 4.59. The molecule has 0 unspecified atom stereocenters. The molecule has 2 aliphatic heterocycles. The number of benzene rings is 1. The molecule has 0 spiro atoms. The second-order valence-electron chi connectivity index (χ2n) is 7.90. The molecule has 2 fully saturated rings. The highest BCUT2D eigenvalue weighted by atomic mass is 32.1. The Hall–Kier alpha value is -3.80. The minimum Gasteiger partial charge on any atom is -0.338 e. The number of nitrogens with one attached hydrogen (secondary N) is 1. The van der Waals surface area contributed by atoms with Crippen molar-refractivity contribution in [3.05, 3.63) is 62.3 Å². The lowest BCUT2D eigenvalue weighted by molar-refractivity contribution is -0.384. The minimum absolute atomic E-state index is 0.0786. The van der Waals surface area contributed by atoms with Crippen molar-refractivity contribution in [1.29, 1.82) is 0 Å². The number of amides is 5. The third kappa shape index (κ3) is 4.16. The van der Waals surface area contributed by atoms with Gasteiger partial charge in [0.25, 0.3) is 17.5 Å². The number of thiophene rings is 1. The van der Waals surface area contributed by atoms with Gasteiger partial charge >= 0.3 is 6.03 Å². The maximum Gasteiger partial charge on any atom is 0.325 e. The molecule has 1 aromatic heterocycles. The molecule has 2 aliphatic rings. The Morgan fingerprint density at radius 2 is 1.73 bits per heavy atom. The first kappa shape index (κ1) is 22.4. The summed E-state index contributed by atoms with van der Waals surface area (Å²) < 4.78 is 0. The summed E-state index contributed by atoms with van der Waals surface area (Å²) >= 11 is 1.36. The molecule has 1 atom stereocenters. The van der Waals surface area contributed by atoms with E-state index in [0.29, 0.717) is 36.6 Å². The van der Waals surface area contributed by atoms with Gasteiger partial charge in [-0.05, 0) is 36.1 Å². The molecule has 33 heavy (non-hydrogen) atoms. The predicted molar refractivity (Wildman–Crippen MR) is 117 cm³/mol. The van der Waals surface area contributed by atoms with Crippen molar-refractivity contribution < 1.29 is 24.1 Å². The van der Waals surface area contributed by atoms with Gasteiger partial charge in [-0.1, -0.05) is 6.07 Å². The van der Waals surface area contributed by atoms with Crippen molar-refractivity contribution in [3.8, 4) is 0 Å². The van der Waals surface area contributed by atoms with Gasteiger partial charge < -0.3 is 15.1 Å². The quantitative estimate of drug-likeness (QED) is 0.398. The largest absolute Gasteiger partial charge is 0.338 e. The van der Waals surface area contributed by atoms with E-state index in [1.807, 2.05) is 5.38 Å². The molecule has 0 radical (unpaired) electrons. The third-order valence-corrected chi connectivity index (χ3v) is 6.73. The van der Waals surface area contributed by atoms with Gasteiger partial charge in [0.15, 0.2) is 0 Å². The van der Waals surface area contributed by atoms with Crippen molar-refractivity contribution in [1.82, 2.24) is 20.0 Å². The third-order valence-electron chi connectivity index (χ3n) is 5.88. The van der Waals surface area contributed by atoms with Gasteiger partial charge in [0.1, 0.15) is 12.1 Å². The number of nitrogens with zero attached hydrogens (tertiary/aromatic N) is 4. The Labute approximate surface area is 192 Å². The van der Waals surface area contributed by atoms with Crippen molar-refractivity contribution in [2.24, 2.45) is 0 Å². The molecular formula is C21H21N5O6S. The lowest BCUT2D eigenvalue weighted by atomic mass is 9.92. The molecule has 4 rings (SSSR count). The summed E-state index contributed by atoms with van der Waals surface area (Å²) in [7, 11) is 0. The molecule has 12 heteroatoms. The summed E-state index contributed by atoms with van der Waals surface area (Å²) in [5, 5.41) is 15.3. The van der Waals surface area contributed by atoms with Crippen LogP contribution in [0.1, 0.15) is 22.2 Å². The lowest BCUT2D eigenvalue weighted by Gasteiger charge is -2.35. The van der Waals surface area contributed by atoms with E-state index in [9.17, 15) is 29.3 Å². The van der Waals surface area contributed by atoms with E-state index >= 15 is 0 Å². The summed E-state index contributed by atoms with van der Waals surface area (Å²) in [4.78, 5) is 65.8. The zero-order chi connectivity index (χ0) is 23.8. The van der Waals surface area contributed by atoms with Crippen LogP contribution in [0.4, 0.5) is 10.5 Å². The zero-order valence-corrected chi connectivity index (χ0v) is 18.5. The van der Waals surface area contributed by atoms with Gasteiger partial charge in [0, 0.05) is 38.3 Å². The zero-order valence-electron chi connectivity index (χ0n) is 17.7. The highest BCUT2D eigenvalue weighted by Gasteiger charge is 2.50. The lowest BCUT2D eigenvalue weighted by Crippen LogP contribution is -2.53. The van der Waals surface area contributed by atoms with Crippen molar-refractivity contribution in [2.75, 3.05) is 32.7 Å². The predicted octanol–water partition coefficient (Wildman–Crippen LogP) is 1.41. The Bertz CT molecular complexity index is 1110. The molecule has 2 aromatic rings. The molecule has 1 N–H and O–H groups in total. The molecule has 5 amide bonds. The van der Waals surface area contributed by atoms with Crippen molar-refractivity contribution in [3.63, 3.8) is 0 Å². The van der Waals surface area contributed by atoms with Crippen LogP contribution in [-0.2, 0) is 15.1 Å². The minimum atomic E-state index is -1.43. The molecule has 172 valence electrons. The molecule has 2 saturated heterocycles. The van der Waals surface area contributed by atoms with Crippen LogP contribution < -0.4 is 5.32 Å². The normalized spacial score (nSPS) is 20.7. The SMILES string of the molecule is C[C@@]1(c2ccc([N+](=O)[O-])cc2)NC(=O)N(CC(=O)N2CCN(C(=O)c3cccs3)CC2)C1=O. The smallest absolute Gasteiger partial charge is 0.325 e. The van der Waals surface area contributed by atoms with Gasteiger partial charge in [-0.25, -0.2) is 4.79 Å². The number of carbonyl (C=O) groups is 4. The molecule has 0 saturated carbocycles. The number of piperazine rings is 1. The van der Waals surface area contributed by atoms with Crippen LogP contribution in [-0.4, -0.2) is 76.1 Å². The topological polar surface area (TPSA) is 133 Å². The fourth-order valence-electron chi connectivity index (χ4n) is 3.90. The highest BCUT2D eigenvalue weighted by Crippen LogP contribution is 2.30. The first-order chi connectivity index (χ1) is 15.7. The number of non-ortho nitro benzene ring substituents is 1. The molecule has 0 aliphatic carbocycles. The highest BCUT2D eigenvalue weighted by molar-refractivity contribution is 7.12. The number of carbonyl (C=O) groups excluding carboxylic acids is 4. The molecule has 3 heterocycles. The van der Waals surface area contributed by atoms with E-state index in [1.165, 1.54) is 47.4 Å². The second kappa shape index (κ2) is 8.62. The molecular weight excluding hydrogens is 450 g/mol. The number of imide groups is 1. The van der Waals surface area contributed by atoms with Crippen LogP contribution in [0.5, 0.6) is 0 Å². The maximum atomic E-state index is 13.0. The number of urea groups is 1. The monoisotopic (exact) mass is 471 g/mol. The Morgan fingerprint density at radius 1 is 1.09 bits per heavy atom. The van der Waals surface area contributed by atoms with Crippen LogP contribution in [0.25, 0.3) is 0 Å². The number of hydrogen-bond donors (Lipinski definition) is 1. The summed E-state index contributed by atoms with van der Waals surface area (Å²) in [5.74, 6) is -1.08. The van der Waals surface area contributed by atoms with Crippen LogP contribution in [0.2, 0.25) is 0 Å². The van der Waals surface area contributed by atoms with E-state index in [-0.39, 0.29) is 11.6 Å². The average Bonchev–Trinajstić information content (AvgIpc) is 3.42.